The molecule has 1 N–H and O–H groups in total. The van der Waals surface area contributed by atoms with Crippen LogP contribution in [0.5, 0.6) is 23.0 Å². The van der Waals surface area contributed by atoms with Gasteiger partial charge in [0.25, 0.3) is 0 Å². The van der Waals surface area contributed by atoms with E-state index in [-0.39, 0.29) is 0 Å². The Kier molecular flexibility index (Phi) is 8.44. The van der Waals surface area contributed by atoms with Gasteiger partial charge in [0.2, 0.25) is 0 Å². The standard InChI is InChI=1S/C25H28ClNO4/c1-28-22-10-9-18(13-23(22)29-2)11-12-27-16-20-14-24(30-3)25(15-21(20)26)31-17-19-7-5-4-6-8-19/h4-10,13-15,27H,11-12,16-17H2,1-3H3. The summed E-state index contributed by atoms with van der Waals surface area (Å²) in [7, 11) is 4.91. The Hall–Kier alpha value is -2.89. The summed E-state index contributed by atoms with van der Waals surface area (Å²) in [6.45, 7) is 1.87. The molecule has 5 nitrogen and oxygen atoms in total. The molecule has 6 heteroatoms. The third-order valence-corrected chi connectivity index (χ3v) is 5.28. The Balaban J connectivity index is 1.56. The fraction of sp³-hybridized carbons (Fsp3) is 0.280. The van der Waals surface area contributed by atoms with Crippen molar-refractivity contribution in [1.82, 2.24) is 5.32 Å². The van der Waals surface area contributed by atoms with Crippen LogP contribution >= 0.6 is 11.6 Å². The number of rotatable bonds is 11. The molecule has 0 amide bonds. The van der Waals surface area contributed by atoms with E-state index in [1.54, 1.807) is 21.3 Å². The number of methoxy groups -OCH3 is 3. The average molecular weight is 442 g/mol. The lowest BCUT2D eigenvalue weighted by molar-refractivity contribution is 0.284. The molecule has 0 aliphatic rings. The molecule has 0 aliphatic carbocycles. The van der Waals surface area contributed by atoms with Gasteiger partial charge in [-0.1, -0.05) is 48.0 Å². The highest BCUT2D eigenvalue weighted by Gasteiger charge is 2.11. The largest absolute Gasteiger partial charge is 0.493 e. The average Bonchev–Trinajstić information content (AvgIpc) is 2.81. The van der Waals surface area contributed by atoms with Gasteiger partial charge >= 0.3 is 0 Å². The van der Waals surface area contributed by atoms with Crippen molar-refractivity contribution in [1.29, 1.82) is 0 Å². The first-order chi connectivity index (χ1) is 15.1. The van der Waals surface area contributed by atoms with Gasteiger partial charge in [0.15, 0.2) is 23.0 Å². The fourth-order valence-electron chi connectivity index (χ4n) is 3.21. The second-order valence-electron chi connectivity index (χ2n) is 6.98. The molecule has 0 unspecified atom stereocenters. The minimum Gasteiger partial charge on any atom is -0.493 e. The van der Waals surface area contributed by atoms with Gasteiger partial charge < -0.3 is 24.3 Å². The number of hydrogen-bond donors (Lipinski definition) is 1. The van der Waals surface area contributed by atoms with Crippen molar-refractivity contribution in [3.8, 4) is 23.0 Å². The summed E-state index contributed by atoms with van der Waals surface area (Å²) in [6.07, 6.45) is 0.855. The third-order valence-electron chi connectivity index (χ3n) is 4.92. The summed E-state index contributed by atoms with van der Waals surface area (Å²) in [4.78, 5) is 0. The van der Waals surface area contributed by atoms with Crippen molar-refractivity contribution in [2.24, 2.45) is 0 Å². The van der Waals surface area contributed by atoms with Gasteiger partial charge in [-0.15, -0.1) is 0 Å². The zero-order valence-electron chi connectivity index (χ0n) is 18.1. The zero-order chi connectivity index (χ0) is 22.1. The van der Waals surface area contributed by atoms with Crippen LogP contribution < -0.4 is 24.3 Å². The van der Waals surface area contributed by atoms with E-state index in [0.717, 1.165) is 35.6 Å². The summed E-state index contributed by atoms with van der Waals surface area (Å²) in [5.74, 6) is 2.76. The number of nitrogens with one attached hydrogen (secondary N) is 1. The second-order valence-corrected chi connectivity index (χ2v) is 7.39. The molecular weight excluding hydrogens is 414 g/mol. The highest BCUT2D eigenvalue weighted by atomic mass is 35.5. The molecule has 164 valence electrons. The monoisotopic (exact) mass is 441 g/mol. The highest BCUT2D eigenvalue weighted by molar-refractivity contribution is 6.31. The molecule has 0 bridgehead atoms. The van der Waals surface area contributed by atoms with Crippen molar-refractivity contribution < 1.29 is 18.9 Å². The van der Waals surface area contributed by atoms with Crippen LogP contribution in [0.2, 0.25) is 5.02 Å². The van der Waals surface area contributed by atoms with Gasteiger partial charge in [-0.05, 0) is 47.9 Å². The SMILES string of the molecule is COc1ccc(CCNCc2cc(OC)c(OCc3ccccc3)cc2Cl)cc1OC. The quantitative estimate of drug-likeness (QED) is 0.410. The molecule has 31 heavy (non-hydrogen) atoms. The topological polar surface area (TPSA) is 49.0 Å². The zero-order valence-corrected chi connectivity index (χ0v) is 18.9. The third kappa shape index (κ3) is 6.29. The summed E-state index contributed by atoms with van der Waals surface area (Å²) in [6, 6.07) is 19.7. The number of halogens is 1. The molecule has 0 heterocycles. The van der Waals surface area contributed by atoms with Crippen LogP contribution in [0, 0.1) is 0 Å². The molecule has 0 spiro atoms. The van der Waals surface area contributed by atoms with E-state index in [1.807, 2.05) is 60.7 Å². The Morgan fingerprint density at radius 1 is 0.742 bits per heavy atom. The van der Waals surface area contributed by atoms with Crippen molar-refractivity contribution in [2.75, 3.05) is 27.9 Å². The van der Waals surface area contributed by atoms with Crippen LogP contribution in [-0.4, -0.2) is 27.9 Å². The maximum Gasteiger partial charge on any atom is 0.163 e. The smallest absolute Gasteiger partial charge is 0.163 e. The molecule has 0 saturated heterocycles. The predicted molar refractivity (Wildman–Crippen MR) is 124 cm³/mol. The van der Waals surface area contributed by atoms with E-state index in [0.29, 0.717) is 29.7 Å². The van der Waals surface area contributed by atoms with E-state index in [2.05, 4.69) is 5.32 Å². The summed E-state index contributed by atoms with van der Waals surface area (Å²) < 4.78 is 22.1. The minimum atomic E-state index is 0.455. The van der Waals surface area contributed by atoms with Crippen molar-refractivity contribution in [2.45, 2.75) is 19.6 Å². The first kappa shape index (κ1) is 22.8. The molecule has 3 aromatic carbocycles. The number of hydrogen-bond acceptors (Lipinski definition) is 5. The molecule has 0 aromatic heterocycles. The van der Waals surface area contributed by atoms with Crippen molar-refractivity contribution in [3.05, 3.63) is 82.4 Å². The number of benzene rings is 3. The Bertz CT molecular complexity index is 979. The Morgan fingerprint density at radius 3 is 2.16 bits per heavy atom. The van der Waals surface area contributed by atoms with Gasteiger partial charge in [0.05, 0.1) is 21.3 Å². The van der Waals surface area contributed by atoms with Crippen LogP contribution in [-0.2, 0) is 19.6 Å². The van der Waals surface area contributed by atoms with E-state index >= 15 is 0 Å². The van der Waals surface area contributed by atoms with E-state index < -0.39 is 0 Å². The van der Waals surface area contributed by atoms with E-state index in [4.69, 9.17) is 30.5 Å². The molecule has 0 radical (unpaired) electrons. The van der Waals surface area contributed by atoms with Crippen LogP contribution in [0.4, 0.5) is 0 Å². The van der Waals surface area contributed by atoms with Crippen LogP contribution in [0.1, 0.15) is 16.7 Å². The molecule has 0 aliphatic heterocycles. The van der Waals surface area contributed by atoms with Gasteiger partial charge in [0, 0.05) is 17.6 Å². The lowest BCUT2D eigenvalue weighted by Gasteiger charge is -2.14. The molecule has 0 atom stereocenters. The van der Waals surface area contributed by atoms with Gasteiger partial charge in [0.1, 0.15) is 6.61 Å². The molecule has 3 rings (SSSR count). The second kappa shape index (κ2) is 11.5. The van der Waals surface area contributed by atoms with Crippen LogP contribution in [0.15, 0.2) is 60.7 Å². The van der Waals surface area contributed by atoms with Crippen molar-refractivity contribution >= 4 is 11.6 Å². The predicted octanol–water partition coefficient (Wildman–Crippen LogP) is 5.28. The Labute approximate surface area is 188 Å². The molecule has 3 aromatic rings. The number of ether oxygens (including phenoxy) is 4. The summed E-state index contributed by atoms with van der Waals surface area (Å²) >= 11 is 6.50. The van der Waals surface area contributed by atoms with Gasteiger partial charge in [-0.2, -0.15) is 0 Å². The van der Waals surface area contributed by atoms with Crippen LogP contribution in [0.3, 0.4) is 0 Å². The summed E-state index contributed by atoms with van der Waals surface area (Å²) in [5.41, 5.74) is 3.21. The van der Waals surface area contributed by atoms with E-state index in [1.165, 1.54) is 5.56 Å². The van der Waals surface area contributed by atoms with Gasteiger partial charge in [-0.25, -0.2) is 0 Å². The lowest BCUT2D eigenvalue weighted by atomic mass is 10.1. The summed E-state index contributed by atoms with van der Waals surface area (Å²) in [5, 5.41) is 4.07. The first-order valence-corrected chi connectivity index (χ1v) is 10.5. The molecular formula is C25H28ClNO4. The minimum absolute atomic E-state index is 0.455. The normalized spacial score (nSPS) is 10.6. The lowest BCUT2D eigenvalue weighted by Crippen LogP contribution is -2.17. The molecule has 0 saturated carbocycles. The fourth-order valence-corrected chi connectivity index (χ4v) is 3.43. The molecule has 0 fully saturated rings. The van der Waals surface area contributed by atoms with E-state index in [9.17, 15) is 0 Å². The Morgan fingerprint density at radius 2 is 1.45 bits per heavy atom. The first-order valence-electron chi connectivity index (χ1n) is 10.1. The maximum atomic E-state index is 6.50. The van der Waals surface area contributed by atoms with Crippen LogP contribution in [0.25, 0.3) is 0 Å². The maximum absolute atomic E-state index is 6.50. The highest BCUT2D eigenvalue weighted by Crippen LogP contribution is 2.34. The van der Waals surface area contributed by atoms with Crippen molar-refractivity contribution in [3.63, 3.8) is 0 Å². The van der Waals surface area contributed by atoms with Gasteiger partial charge in [-0.3, -0.25) is 0 Å².